The van der Waals surface area contributed by atoms with Crippen molar-refractivity contribution in [1.82, 2.24) is 0 Å². The Labute approximate surface area is 359 Å². The molecule has 2 N–H and O–H groups in total. The molecule has 3 aliphatic carbocycles. The summed E-state index contributed by atoms with van der Waals surface area (Å²) in [5.74, 6) is -0.125. The van der Waals surface area contributed by atoms with E-state index < -0.39 is 51.1 Å². The van der Waals surface area contributed by atoms with Crippen LogP contribution in [0.3, 0.4) is 0 Å². The molecular formula is C48H68O10Si2. The van der Waals surface area contributed by atoms with Crippen LogP contribution in [-0.2, 0) is 28.6 Å². The van der Waals surface area contributed by atoms with Crippen LogP contribution in [-0.4, -0.2) is 83.9 Å². The van der Waals surface area contributed by atoms with Crippen LogP contribution in [0.1, 0.15) is 74.6 Å². The standard InChI is InChI=1S/C24H36O5Si.C24H32O5Si/c1-14-10-17(12-18(11-14)28-4)20-13-19-21(25)15(2)16(3)24(20,22(19)26)23(27)29-8-9-30(5,6)7;1-15-12-18(14-19(13-15)27-4)20-8-9-21-24(20,17(3)16(2)22(25)29-21)23(26)28-10-11-30(5,6)7/h10-12,19-22,25-26H,8-9,13H2,1-7H3;9,12-14,20H,8,10-11H2,1-7H3/t;20-,24+/m.0/s1. The maximum atomic E-state index is 13.7. The molecule has 1 heterocycles. The maximum Gasteiger partial charge on any atom is 0.338 e. The third-order valence-electron chi connectivity index (χ3n) is 13.4. The number of rotatable bonds is 12. The van der Waals surface area contributed by atoms with Crippen molar-refractivity contribution in [2.45, 2.75) is 130 Å². The molecule has 5 unspecified atom stereocenters. The fourth-order valence-electron chi connectivity index (χ4n) is 9.63. The zero-order valence-corrected chi connectivity index (χ0v) is 40.3. The van der Waals surface area contributed by atoms with Crippen molar-refractivity contribution in [3.8, 4) is 11.5 Å². The van der Waals surface area contributed by atoms with Crippen molar-refractivity contribution in [3.63, 3.8) is 0 Å². The van der Waals surface area contributed by atoms with Crippen LogP contribution in [0.15, 0.2) is 70.5 Å². The number of carbonyl (C=O) groups excluding carboxylic acids is 3. The molecule has 328 valence electrons. The Morgan fingerprint density at radius 2 is 1.23 bits per heavy atom. The van der Waals surface area contributed by atoms with Gasteiger partial charge in [0.2, 0.25) is 0 Å². The van der Waals surface area contributed by atoms with E-state index in [1.165, 1.54) is 0 Å². The van der Waals surface area contributed by atoms with Gasteiger partial charge < -0.3 is 33.9 Å². The Morgan fingerprint density at radius 1 is 0.733 bits per heavy atom. The first kappa shape index (κ1) is 47.1. The summed E-state index contributed by atoms with van der Waals surface area (Å²) >= 11 is 0. The average molecular weight is 861 g/mol. The minimum Gasteiger partial charge on any atom is -0.497 e. The number of ether oxygens (including phenoxy) is 5. The fraction of sp³-hybridized carbons (Fsp3) is 0.562. The SMILES string of the molecule is COc1cc(C)cc(C2CC3C(O)C(C)=C(C)C2(C(=O)OCC[Si](C)(C)C)C3O)c1.COc1cc(C)cc([C@@H]2CC=C3OC(=O)C(C)=C(C)[C@]32C(=O)OCC[Si](C)(C)C)c1. The summed E-state index contributed by atoms with van der Waals surface area (Å²) in [4.78, 5) is 39.7. The quantitative estimate of drug-likeness (QED) is 0.0920. The van der Waals surface area contributed by atoms with E-state index in [0.717, 1.165) is 57.0 Å². The lowest BCUT2D eigenvalue weighted by Gasteiger charge is -2.42. The zero-order valence-electron chi connectivity index (χ0n) is 38.3. The summed E-state index contributed by atoms with van der Waals surface area (Å²) < 4.78 is 28.3. The van der Waals surface area contributed by atoms with Gasteiger partial charge in [-0.3, -0.25) is 9.59 Å². The Kier molecular flexibility index (Phi) is 14.0. The van der Waals surface area contributed by atoms with E-state index in [1.807, 2.05) is 71.0 Å². The average Bonchev–Trinajstić information content (AvgIpc) is 3.68. The van der Waals surface area contributed by atoms with Crippen molar-refractivity contribution in [3.05, 3.63) is 92.8 Å². The van der Waals surface area contributed by atoms with E-state index in [0.29, 0.717) is 43.0 Å². The van der Waals surface area contributed by atoms with Crippen molar-refractivity contribution < 1.29 is 48.3 Å². The van der Waals surface area contributed by atoms with Gasteiger partial charge in [0.1, 0.15) is 22.7 Å². The van der Waals surface area contributed by atoms with Crippen molar-refractivity contribution in [2.75, 3.05) is 27.4 Å². The molecule has 4 aliphatic rings. The lowest BCUT2D eigenvalue weighted by Crippen LogP contribution is -2.51. The summed E-state index contributed by atoms with van der Waals surface area (Å²) in [6.45, 7) is 25.5. The molecule has 1 fully saturated rings. The number of aliphatic hydroxyl groups is 2. The topological polar surface area (TPSA) is 138 Å². The van der Waals surface area contributed by atoms with Gasteiger partial charge in [-0.1, -0.05) is 57.0 Å². The monoisotopic (exact) mass is 860 g/mol. The van der Waals surface area contributed by atoms with Crippen LogP contribution in [0.5, 0.6) is 11.5 Å². The van der Waals surface area contributed by atoms with Crippen LogP contribution in [0.2, 0.25) is 51.4 Å². The van der Waals surface area contributed by atoms with E-state index in [2.05, 4.69) is 45.3 Å². The van der Waals surface area contributed by atoms with Crippen LogP contribution < -0.4 is 9.47 Å². The van der Waals surface area contributed by atoms with Gasteiger partial charge in [-0.2, -0.15) is 0 Å². The highest BCUT2D eigenvalue weighted by Gasteiger charge is 2.66. The van der Waals surface area contributed by atoms with Gasteiger partial charge in [0, 0.05) is 39.5 Å². The van der Waals surface area contributed by atoms with Crippen LogP contribution >= 0.6 is 0 Å². The summed E-state index contributed by atoms with van der Waals surface area (Å²) in [5.41, 5.74) is 4.40. The number of esters is 3. The largest absolute Gasteiger partial charge is 0.497 e. The van der Waals surface area contributed by atoms with E-state index in [1.54, 1.807) is 21.1 Å². The number of fused-ring (bicyclic) bond motifs is 3. The summed E-state index contributed by atoms with van der Waals surface area (Å²) in [6.07, 6.45) is 1.25. The predicted octanol–water partition coefficient (Wildman–Crippen LogP) is 9.18. The number of methoxy groups -OCH3 is 2. The van der Waals surface area contributed by atoms with E-state index >= 15 is 0 Å². The highest BCUT2D eigenvalue weighted by molar-refractivity contribution is 6.76. The third kappa shape index (κ3) is 8.85. The second-order valence-corrected chi connectivity index (χ2v) is 31.0. The van der Waals surface area contributed by atoms with Gasteiger partial charge in [-0.15, -0.1) is 0 Å². The molecule has 1 aliphatic heterocycles. The highest BCUT2D eigenvalue weighted by Crippen LogP contribution is 2.62. The summed E-state index contributed by atoms with van der Waals surface area (Å²) in [5, 5.41) is 22.2. The molecule has 1 saturated carbocycles. The van der Waals surface area contributed by atoms with Gasteiger partial charge in [0.15, 0.2) is 5.41 Å². The first-order valence-electron chi connectivity index (χ1n) is 21.2. The number of aryl methyl sites for hydroxylation is 2. The van der Waals surface area contributed by atoms with Gasteiger partial charge in [0.25, 0.3) is 0 Å². The molecule has 2 bridgehead atoms. The minimum atomic E-state index is -1.37. The molecule has 6 rings (SSSR count). The summed E-state index contributed by atoms with van der Waals surface area (Å²) in [6, 6.07) is 13.7. The first-order valence-corrected chi connectivity index (χ1v) is 28.7. The van der Waals surface area contributed by atoms with Crippen LogP contribution in [0, 0.1) is 30.6 Å². The molecular weight excluding hydrogens is 793 g/mol. The number of carbonyl (C=O) groups is 3. The fourth-order valence-corrected chi connectivity index (χ4v) is 11.1. The molecule has 0 radical (unpaired) electrons. The molecule has 0 amide bonds. The zero-order chi connectivity index (χ0) is 44.7. The number of benzene rings is 2. The molecule has 0 spiro atoms. The van der Waals surface area contributed by atoms with Crippen molar-refractivity contribution >= 4 is 34.1 Å². The van der Waals surface area contributed by atoms with Gasteiger partial charge in [-0.25, -0.2) is 4.79 Å². The number of hydrogen-bond acceptors (Lipinski definition) is 10. The van der Waals surface area contributed by atoms with Crippen molar-refractivity contribution in [1.29, 1.82) is 0 Å². The van der Waals surface area contributed by atoms with Gasteiger partial charge in [0.05, 0.1) is 39.6 Å². The molecule has 2 aromatic carbocycles. The molecule has 0 saturated heterocycles. The Hall–Kier alpha value is -3.98. The number of hydrogen-bond donors (Lipinski definition) is 2. The Morgan fingerprint density at radius 3 is 1.73 bits per heavy atom. The second kappa shape index (κ2) is 17.8. The molecule has 0 aromatic heterocycles. The normalized spacial score (nSPS) is 27.4. The molecule has 12 heteroatoms. The van der Waals surface area contributed by atoms with Crippen LogP contribution in [0.25, 0.3) is 0 Å². The Bertz CT molecular complexity index is 2090. The van der Waals surface area contributed by atoms with E-state index in [-0.39, 0.29) is 23.8 Å². The minimum absolute atomic E-state index is 0.219. The summed E-state index contributed by atoms with van der Waals surface area (Å²) in [7, 11) is 0.536. The predicted molar refractivity (Wildman–Crippen MR) is 240 cm³/mol. The highest BCUT2D eigenvalue weighted by atomic mass is 28.3. The lowest BCUT2D eigenvalue weighted by atomic mass is 9.64. The first-order chi connectivity index (χ1) is 27.9. The number of allylic oxidation sites excluding steroid dienone is 1. The maximum absolute atomic E-state index is 13.7. The molecule has 10 nitrogen and oxygen atoms in total. The molecule has 60 heavy (non-hydrogen) atoms. The van der Waals surface area contributed by atoms with Crippen molar-refractivity contribution in [2.24, 2.45) is 16.7 Å². The lowest BCUT2D eigenvalue weighted by molar-refractivity contribution is -0.161. The third-order valence-corrected chi connectivity index (χ3v) is 16.8. The van der Waals surface area contributed by atoms with E-state index in [9.17, 15) is 24.6 Å². The van der Waals surface area contributed by atoms with Gasteiger partial charge >= 0.3 is 17.9 Å². The second-order valence-electron chi connectivity index (χ2n) is 19.8. The van der Waals surface area contributed by atoms with Crippen LogP contribution in [0.4, 0.5) is 0 Å². The van der Waals surface area contributed by atoms with Gasteiger partial charge in [-0.05, 0) is 130 Å². The smallest absolute Gasteiger partial charge is 0.338 e. The Balaban J connectivity index is 0.000000228. The molecule has 7 atom stereocenters. The molecule has 2 aromatic rings. The number of aliphatic hydroxyl groups excluding tert-OH is 2. The van der Waals surface area contributed by atoms with E-state index in [4.69, 9.17) is 23.7 Å².